The fourth-order valence-corrected chi connectivity index (χ4v) is 13.0. The van der Waals surface area contributed by atoms with E-state index in [4.69, 9.17) is 19.9 Å². The zero-order valence-electron chi connectivity index (χ0n) is 47.8. The van der Waals surface area contributed by atoms with Crippen molar-refractivity contribution in [2.45, 2.75) is 0 Å². The van der Waals surface area contributed by atoms with Gasteiger partial charge in [0.05, 0.1) is 45.6 Å². The molecule has 8 N–H and O–H groups in total. The normalized spacial score (nSPS) is 12.4. The maximum Gasteiger partial charge on any atom is 0.134 e. The van der Waals surface area contributed by atoms with Crippen LogP contribution in [0.1, 0.15) is 45.6 Å². The van der Waals surface area contributed by atoms with Gasteiger partial charge in [0.15, 0.2) is 0 Å². The average Bonchev–Trinajstić information content (AvgIpc) is 4.35. The second-order valence-electron chi connectivity index (χ2n) is 22.6. The van der Waals surface area contributed by atoms with Crippen LogP contribution in [0.5, 0.6) is 23.0 Å². The van der Waals surface area contributed by atoms with Crippen LogP contribution in [0, 0.1) is 0 Å². The number of aromatic amines is 4. The summed E-state index contributed by atoms with van der Waals surface area (Å²) in [6, 6.07) is 67.1. The molecule has 0 saturated carbocycles. The van der Waals surface area contributed by atoms with Crippen molar-refractivity contribution in [1.82, 2.24) is 39.9 Å². The molecule has 24 bridgehead atoms. The molecule has 4 aliphatic heterocycles. The number of hydrogen-bond donors (Lipinski definition) is 8. The molecule has 0 unspecified atom stereocenters. The van der Waals surface area contributed by atoms with Crippen molar-refractivity contribution in [2.24, 2.45) is 0 Å². The van der Waals surface area contributed by atoms with Gasteiger partial charge in [-0.05, 0) is 168 Å². The Balaban J connectivity index is 0.887. The van der Waals surface area contributed by atoms with Crippen molar-refractivity contribution < 1.29 is 20.4 Å². The highest BCUT2D eigenvalue weighted by Gasteiger charge is 2.21. The van der Waals surface area contributed by atoms with Gasteiger partial charge >= 0.3 is 0 Å². The van der Waals surface area contributed by atoms with Gasteiger partial charge in [-0.3, -0.25) is 0 Å². The van der Waals surface area contributed by atoms with Gasteiger partial charge in [-0.15, -0.1) is 0 Å². The third kappa shape index (κ3) is 8.53. The van der Waals surface area contributed by atoms with E-state index in [-0.39, 0.29) is 23.0 Å². The van der Waals surface area contributed by atoms with Gasteiger partial charge in [-0.2, -0.15) is 0 Å². The van der Waals surface area contributed by atoms with Crippen molar-refractivity contribution in [2.75, 3.05) is 0 Å². The second-order valence-corrected chi connectivity index (χ2v) is 22.6. The highest BCUT2D eigenvalue weighted by molar-refractivity contribution is 6.06. The fraction of sp³-hybridized carbons (Fsp3) is 0. The maximum absolute atomic E-state index is 12.2. The molecule has 90 heavy (non-hydrogen) atoms. The van der Waals surface area contributed by atoms with Gasteiger partial charge in [-0.1, -0.05) is 109 Å². The minimum absolute atomic E-state index is 0.0840. The maximum atomic E-state index is 12.2. The number of phenols is 4. The number of H-pyrrole nitrogens is 4. The lowest BCUT2D eigenvalue weighted by molar-refractivity contribution is 0.486. The number of nitrogens with zero attached hydrogens (tertiary/aromatic N) is 4. The molecular weight excluding hydrogens is 1110 g/mol. The van der Waals surface area contributed by atoms with Crippen LogP contribution in [0.3, 0.4) is 0 Å². The summed E-state index contributed by atoms with van der Waals surface area (Å²) in [5.74, 6) is 0.336. The molecule has 0 saturated heterocycles. The number of aromatic hydroxyl groups is 4. The molecular formula is C78H50N8O4. The number of phenolic OH excluding ortho intramolecular Hbond substituents is 4. The lowest BCUT2D eigenvalue weighted by atomic mass is 9.98. The fourth-order valence-electron chi connectivity index (χ4n) is 13.0. The quantitative estimate of drug-likeness (QED) is 0.0852. The highest BCUT2D eigenvalue weighted by atomic mass is 16.3. The molecule has 0 radical (unpaired) electrons. The van der Waals surface area contributed by atoms with Gasteiger partial charge in [-0.25, -0.2) is 19.9 Å². The number of fused-ring (bicyclic) bond motifs is 32. The summed E-state index contributed by atoms with van der Waals surface area (Å²) in [4.78, 5) is 35.5. The number of nitrogens with one attached hydrogen (secondary N) is 4. The topological polar surface area (TPSA) is 196 Å². The van der Waals surface area contributed by atoms with Crippen LogP contribution in [0.25, 0.3) is 180 Å². The van der Waals surface area contributed by atoms with E-state index in [2.05, 4.69) is 44.2 Å². The summed E-state index contributed by atoms with van der Waals surface area (Å²) in [7, 11) is 0. The third-order valence-corrected chi connectivity index (χ3v) is 17.4. The SMILES string of the molecule is Oc1c2cccc1c1ccc([nH]1)c(-c1ccccc1)c1nc(c3cccc(c3O)c3ccc([nH]3)c(-c3ccc(-c4c5nc(c6cccc(c6O)c6ccc([nH]6)c(-c6ccccc6)c6nc(c7cccc(c7O)c7ccc4[nH]7)C=C6)C=C5)cc3)c3nc2C=C3)C=C1. The van der Waals surface area contributed by atoms with Crippen molar-refractivity contribution in [3.8, 4) is 67.5 Å². The van der Waals surface area contributed by atoms with Gasteiger partial charge in [0.2, 0.25) is 0 Å². The molecule has 7 aromatic carbocycles. The second kappa shape index (κ2) is 20.6. The smallest absolute Gasteiger partial charge is 0.134 e. The van der Waals surface area contributed by atoms with E-state index in [0.29, 0.717) is 88.3 Å². The molecule has 6 aromatic heterocycles. The monoisotopic (exact) mass is 1160 g/mol. The Morgan fingerprint density at radius 3 is 0.656 bits per heavy atom. The van der Waals surface area contributed by atoms with Crippen molar-refractivity contribution in [3.05, 3.63) is 252 Å². The minimum Gasteiger partial charge on any atom is -0.507 e. The molecule has 0 aliphatic carbocycles. The van der Waals surface area contributed by atoms with Crippen LogP contribution < -0.4 is 0 Å². The molecule has 17 rings (SSSR count). The number of para-hydroxylation sites is 4. The Bertz CT molecular complexity index is 5470. The number of rotatable bonds is 4. The van der Waals surface area contributed by atoms with Gasteiger partial charge in [0.25, 0.3) is 0 Å². The first-order valence-electron chi connectivity index (χ1n) is 29.6. The largest absolute Gasteiger partial charge is 0.507 e. The molecule has 12 nitrogen and oxygen atoms in total. The van der Waals surface area contributed by atoms with Crippen molar-refractivity contribution >= 4 is 136 Å². The third-order valence-electron chi connectivity index (χ3n) is 17.4. The number of hydrogen-bond acceptors (Lipinski definition) is 8. The standard InChI is InChI=1S/C78H50N8O4/c87-75-47-15-7-19-51(75)59-31-39-67(83-59)73(68-40-32-60(84-68)52-20-8-16-48(76(52)88)56-28-36-64(80-56)71(43-11-3-1-4-12-43)63-35-27-55(47)79-63)45-23-25-46(26-24-45)74-69-41-33-61(85-69)53-21-9-17-49(77(53)89)57-29-37-65(81-57)72(44-13-5-2-6-14-44)66-38-30-58(82-66)50-18-10-22-54(78(50)90)62-34-42-70(74)86-62/h1-42,79,81,84,86-90H. The Morgan fingerprint density at radius 1 is 0.189 bits per heavy atom. The molecule has 12 heteroatoms. The van der Waals surface area contributed by atoms with Crippen molar-refractivity contribution in [1.29, 1.82) is 0 Å². The molecule has 10 heterocycles. The molecule has 0 atom stereocenters. The lowest BCUT2D eigenvalue weighted by Gasteiger charge is -2.08. The van der Waals surface area contributed by atoms with Crippen LogP contribution in [0.15, 0.2) is 206 Å². The van der Waals surface area contributed by atoms with Crippen LogP contribution in [0.2, 0.25) is 0 Å². The Labute approximate surface area is 512 Å². The number of benzene rings is 7. The summed E-state index contributed by atoms with van der Waals surface area (Å²) < 4.78 is 0. The van der Waals surface area contributed by atoms with E-state index in [1.807, 2.05) is 231 Å². The highest BCUT2D eigenvalue weighted by Crippen LogP contribution is 2.42. The average molecular weight is 1160 g/mol. The summed E-state index contributed by atoms with van der Waals surface area (Å²) >= 11 is 0. The summed E-state index contributed by atoms with van der Waals surface area (Å²) in [5, 5.41) is 53.6. The Kier molecular flexibility index (Phi) is 11.9. The molecule has 0 fully saturated rings. The zero-order chi connectivity index (χ0) is 60.1. The van der Waals surface area contributed by atoms with E-state index in [1.54, 1.807) is 0 Å². The summed E-state index contributed by atoms with van der Waals surface area (Å²) in [6.45, 7) is 0. The summed E-state index contributed by atoms with van der Waals surface area (Å²) in [6.07, 6.45) is 15.6. The first kappa shape index (κ1) is 51.8. The Morgan fingerprint density at radius 2 is 0.400 bits per heavy atom. The van der Waals surface area contributed by atoms with Crippen LogP contribution in [-0.2, 0) is 0 Å². The first-order chi connectivity index (χ1) is 44.2. The molecule has 426 valence electrons. The van der Waals surface area contributed by atoms with E-state index >= 15 is 0 Å². The predicted octanol–water partition coefficient (Wildman–Crippen LogP) is 18.9. The molecule has 0 spiro atoms. The van der Waals surface area contributed by atoms with E-state index in [1.165, 1.54) is 0 Å². The number of aromatic nitrogens is 8. The summed E-state index contributed by atoms with van der Waals surface area (Å²) in [5.41, 5.74) is 17.9. The van der Waals surface area contributed by atoms with E-state index in [0.717, 1.165) is 89.0 Å². The predicted molar refractivity (Wildman–Crippen MR) is 367 cm³/mol. The lowest BCUT2D eigenvalue weighted by Crippen LogP contribution is -1.89. The van der Waals surface area contributed by atoms with Gasteiger partial charge in [0, 0.05) is 109 Å². The van der Waals surface area contributed by atoms with Crippen molar-refractivity contribution in [3.63, 3.8) is 0 Å². The van der Waals surface area contributed by atoms with Gasteiger partial charge in [0.1, 0.15) is 23.0 Å². The Hall–Kier alpha value is -12.5. The van der Waals surface area contributed by atoms with Crippen LogP contribution in [0.4, 0.5) is 0 Å². The molecule has 4 aliphatic rings. The zero-order valence-corrected chi connectivity index (χ0v) is 47.8. The first-order valence-corrected chi connectivity index (χ1v) is 29.6. The van der Waals surface area contributed by atoms with Gasteiger partial charge < -0.3 is 40.4 Å². The van der Waals surface area contributed by atoms with Crippen LogP contribution in [-0.4, -0.2) is 60.3 Å². The van der Waals surface area contributed by atoms with E-state index in [9.17, 15) is 20.4 Å². The molecule has 13 aromatic rings. The van der Waals surface area contributed by atoms with E-state index < -0.39 is 0 Å². The minimum atomic E-state index is 0.0840. The molecule has 0 amide bonds. The van der Waals surface area contributed by atoms with Crippen LogP contribution >= 0.6 is 0 Å².